The zero-order chi connectivity index (χ0) is 23.2. The van der Waals surface area contributed by atoms with Gasteiger partial charge in [-0.25, -0.2) is 4.98 Å². The summed E-state index contributed by atoms with van der Waals surface area (Å²) in [5.41, 5.74) is 4.23. The van der Waals surface area contributed by atoms with E-state index in [1.54, 1.807) is 11.3 Å². The number of anilines is 1. The van der Waals surface area contributed by atoms with Crippen LogP contribution >= 0.6 is 22.9 Å². The molecule has 0 bridgehead atoms. The SMILES string of the molecule is COC(=O)Cc1ccccc1N1CCCC(COCc2sc(-c3ccc(Cl)cc3)nc2C)C1. The van der Waals surface area contributed by atoms with E-state index in [-0.39, 0.29) is 5.97 Å². The molecular formula is C26H29ClN2O3S. The van der Waals surface area contributed by atoms with Crippen LogP contribution in [0.15, 0.2) is 48.5 Å². The van der Waals surface area contributed by atoms with Crippen molar-refractivity contribution in [2.75, 3.05) is 31.7 Å². The molecule has 1 unspecified atom stereocenters. The first kappa shape index (κ1) is 23.7. The summed E-state index contributed by atoms with van der Waals surface area (Å²) in [6.45, 7) is 5.24. The molecule has 0 spiro atoms. The molecule has 2 aromatic carbocycles. The molecule has 0 amide bonds. The van der Waals surface area contributed by atoms with Crippen molar-refractivity contribution in [1.29, 1.82) is 0 Å². The van der Waals surface area contributed by atoms with E-state index in [1.807, 2.05) is 49.4 Å². The Morgan fingerprint density at radius 3 is 2.79 bits per heavy atom. The summed E-state index contributed by atoms with van der Waals surface area (Å²) in [5.74, 6) is 0.242. The second kappa shape index (κ2) is 11.1. The molecule has 1 fully saturated rings. The number of esters is 1. The summed E-state index contributed by atoms with van der Waals surface area (Å²) in [6, 6.07) is 15.9. The normalized spacial score (nSPS) is 16.1. The fourth-order valence-corrected chi connectivity index (χ4v) is 5.34. The number of benzene rings is 2. The van der Waals surface area contributed by atoms with E-state index in [2.05, 4.69) is 11.0 Å². The molecule has 1 aliphatic rings. The maximum atomic E-state index is 11.8. The molecule has 33 heavy (non-hydrogen) atoms. The lowest BCUT2D eigenvalue weighted by Crippen LogP contribution is -2.37. The largest absolute Gasteiger partial charge is 0.469 e. The Morgan fingerprint density at radius 1 is 1.21 bits per heavy atom. The van der Waals surface area contributed by atoms with Gasteiger partial charge in [-0.05, 0) is 49.4 Å². The smallest absolute Gasteiger partial charge is 0.310 e. The van der Waals surface area contributed by atoms with Crippen molar-refractivity contribution >= 4 is 34.6 Å². The Labute approximate surface area is 204 Å². The Kier molecular flexibility index (Phi) is 8.02. The number of hydrogen-bond donors (Lipinski definition) is 0. The monoisotopic (exact) mass is 484 g/mol. The highest BCUT2D eigenvalue weighted by molar-refractivity contribution is 7.15. The van der Waals surface area contributed by atoms with Crippen LogP contribution in [-0.4, -0.2) is 37.8 Å². The van der Waals surface area contributed by atoms with Crippen LogP contribution in [0.5, 0.6) is 0 Å². The molecule has 0 aliphatic carbocycles. The first-order chi connectivity index (χ1) is 16.0. The van der Waals surface area contributed by atoms with Crippen LogP contribution in [0.25, 0.3) is 10.6 Å². The van der Waals surface area contributed by atoms with Gasteiger partial charge in [0.2, 0.25) is 0 Å². The summed E-state index contributed by atoms with van der Waals surface area (Å²) < 4.78 is 11.0. The number of aromatic nitrogens is 1. The number of carbonyl (C=O) groups excluding carboxylic acids is 1. The summed E-state index contributed by atoms with van der Waals surface area (Å²) >= 11 is 7.68. The van der Waals surface area contributed by atoms with E-state index in [4.69, 9.17) is 26.1 Å². The average molecular weight is 485 g/mol. The number of piperidine rings is 1. The standard InChI is InChI=1S/C26H29ClN2O3S/c1-18-24(33-26(28-18)20-9-11-22(27)12-10-20)17-32-16-19-6-5-13-29(15-19)23-8-4-3-7-21(23)14-25(30)31-2/h3-4,7-12,19H,5-6,13-17H2,1-2H3. The van der Waals surface area contributed by atoms with Gasteiger partial charge in [-0.1, -0.05) is 41.9 Å². The third kappa shape index (κ3) is 6.14. The van der Waals surface area contributed by atoms with Gasteiger partial charge in [-0.15, -0.1) is 11.3 Å². The Morgan fingerprint density at radius 2 is 2.00 bits per heavy atom. The summed E-state index contributed by atoms with van der Waals surface area (Å²) in [6.07, 6.45) is 2.55. The highest BCUT2D eigenvalue weighted by Crippen LogP contribution is 2.30. The summed E-state index contributed by atoms with van der Waals surface area (Å²) in [5, 5.41) is 1.72. The van der Waals surface area contributed by atoms with Gasteiger partial charge in [0.05, 0.1) is 37.3 Å². The maximum absolute atomic E-state index is 11.8. The molecule has 1 saturated heterocycles. The Hall–Kier alpha value is -2.41. The van der Waals surface area contributed by atoms with Gasteiger partial charge in [0, 0.05) is 29.4 Å². The third-order valence-corrected chi connectivity index (χ3v) is 7.42. The van der Waals surface area contributed by atoms with Crippen LogP contribution in [0.4, 0.5) is 5.69 Å². The highest BCUT2D eigenvalue weighted by Gasteiger charge is 2.23. The molecular weight excluding hydrogens is 456 g/mol. The van der Waals surface area contributed by atoms with Crippen LogP contribution in [0, 0.1) is 12.8 Å². The number of thiazole rings is 1. The van der Waals surface area contributed by atoms with E-state index in [1.165, 1.54) is 7.11 Å². The first-order valence-corrected chi connectivity index (χ1v) is 12.4. The van der Waals surface area contributed by atoms with E-state index in [0.29, 0.717) is 25.6 Å². The topological polar surface area (TPSA) is 51.7 Å². The molecule has 174 valence electrons. The van der Waals surface area contributed by atoms with Crippen LogP contribution in [0.2, 0.25) is 5.02 Å². The van der Waals surface area contributed by atoms with Gasteiger partial charge in [0.15, 0.2) is 0 Å². The zero-order valence-electron chi connectivity index (χ0n) is 19.1. The molecule has 1 aromatic heterocycles. The first-order valence-electron chi connectivity index (χ1n) is 11.2. The molecule has 7 heteroatoms. The number of rotatable bonds is 8. The molecule has 0 saturated carbocycles. The fraction of sp³-hybridized carbons (Fsp3) is 0.385. The Bertz CT molecular complexity index is 1080. The lowest BCUT2D eigenvalue weighted by Gasteiger charge is -2.35. The van der Waals surface area contributed by atoms with Crippen LogP contribution in [-0.2, 0) is 27.3 Å². The number of ether oxygens (including phenoxy) is 2. The van der Waals surface area contributed by atoms with Crippen LogP contribution in [0.1, 0.15) is 29.0 Å². The highest BCUT2D eigenvalue weighted by atomic mass is 35.5. The number of methoxy groups -OCH3 is 1. The number of hydrogen-bond acceptors (Lipinski definition) is 6. The average Bonchev–Trinajstić information content (AvgIpc) is 3.20. The van der Waals surface area contributed by atoms with Gasteiger partial charge < -0.3 is 14.4 Å². The molecule has 1 aliphatic heterocycles. The van der Waals surface area contributed by atoms with E-state index in [0.717, 1.165) is 63.3 Å². The molecule has 2 heterocycles. The van der Waals surface area contributed by atoms with Gasteiger partial charge in [-0.3, -0.25) is 4.79 Å². The lowest BCUT2D eigenvalue weighted by atomic mass is 9.97. The predicted molar refractivity (Wildman–Crippen MR) is 134 cm³/mol. The number of para-hydroxylation sites is 1. The second-order valence-corrected chi connectivity index (χ2v) is 9.91. The van der Waals surface area contributed by atoms with Crippen molar-refractivity contribution in [3.8, 4) is 10.6 Å². The number of nitrogens with zero attached hydrogens (tertiary/aromatic N) is 2. The van der Waals surface area contributed by atoms with Crippen LogP contribution < -0.4 is 4.90 Å². The maximum Gasteiger partial charge on any atom is 0.310 e. The molecule has 0 radical (unpaired) electrons. The Balaban J connectivity index is 1.34. The second-order valence-electron chi connectivity index (χ2n) is 8.39. The number of aryl methyl sites for hydroxylation is 1. The lowest BCUT2D eigenvalue weighted by molar-refractivity contribution is -0.139. The minimum atomic E-state index is -0.211. The molecule has 0 N–H and O–H groups in total. The van der Waals surface area contributed by atoms with E-state index >= 15 is 0 Å². The van der Waals surface area contributed by atoms with E-state index < -0.39 is 0 Å². The van der Waals surface area contributed by atoms with Gasteiger partial charge in [0.1, 0.15) is 5.01 Å². The van der Waals surface area contributed by atoms with Crippen LogP contribution in [0.3, 0.4) is 0 Å². The van der Waals surface area contributed by atoms with Crippen molar-refractivity contribution in [2.24, 2.45) is 5.92 Å². The number of halogens is 1. The zero-order valence-corrected chi connectivity index (χ0v) is 20.6. The number of carbonyl (C=O) groups is 1. The summed E-state index contributed by atoms with van der Waals surface area (Å²) in [7, 11) is 1.43. The molecule has 5 nitrogen and oxygen atoms in total. The predicted octanol–water partition coefficient (Wildman–Crippen LogP) is 5.92. The quantitative estimate of drug-likeness (QED) is 0.371. The van der Waals surface area contributed by atoms with Gasteiger partial charge in [0.25, 0.3) is 0 Å². The van der Waals surface area contributed by atoms with Crippen molar-refractivity contribution in [2.45, 2.75) is 32.8 Å². The molecule has 1 atom stereocenters. The van der Waals surface area contributed by atoms with Crippen molar-refractivity contribution in [1.82, 2.24) is 4.98 Å². The summed E-state index contributed by atoms with van der Waals surface area (Å²) in [4.78, 5) is 20.1. The fourth-order valence-electron chi connectivity index (χ4n) is 4.21. The third-order valence-electron chi connectivity index (χ3n) is 5.98. The van der Waals surface area contributed by atoms with Crippen molar-refractivity contribution < 1.29 is 14.3 Å². The van der Waals surface area contributed by atoms with Crippen molar-refractivity contribution in [3.05, 3.63) is 69.7 Å². The minimum Gasteiger partial charge on any atom is -0.469 e. The molecule has 3 aromatic rings. The van der Waals surface area contributed by atoms with Gasteiger partial charge in [-0.2, -0.15) is 0 Å². The minimum absolute atomic E-state index is 0.211. The van der Waals surface area contributed by atoms with Crippen molar-refractivity contribution in [3.63, 3.8) is 0 Å². The van der Waals surface area contributed by atoms with E-state index in [9.17, 15) is 4.79 Å². The molecule has 4 rings (SSSR count). The van der Waals surface area contributed by atoms with Gasteiger partial charge >= 0.3 is 5.97 Å².